The molecular weight excluding hydrogens is 385 g/mol. The Balaban J connectivity index is 3.17. The van der Waals surface area contributed by atoms with Gasteiger partial charge in [0.15, 0.2) is 11.4 Å². The van der Waals surface area contributed by atoms with E-state index in [9.17, 15) is 19.7 Å². The highest BCUT2D eigenvalue weighted by Gasteiger charge is 2.34. The lowest BCUT2D eigenvalue weighted by Crippen LogP contribution is -2.18. The number of nitrogens with zero attached hydrogens (tertiary/aromatic N) is 2. The molecule has 0 bridgehead atoms. The van der Waals surface area contributed by atoms with E-state index >= 15 is 0 Å². The summed E-state index contributed by atoms with van der Waals surface area (Å²) >= 11 is 0. The number of hydrogen-bond acceptors (Lipinski definition) is 8. The summed E-state index contributed by atoms with van der Waals surface area (Å²) < 4.78 is 28.9. The standard InChI is InChI=1S/C18H22N3O6P/c1-5-25-28(24,26-6-2)13(4)27-17-9-15(8-7-14(17)10-19)21-18(23)16(11-20)12(3)22/h7-9,13,22H,5-6H2,1-4H3,(H,21,23)/b16-12+. The molecule has 0 aliphatic carbocycles. The summed E-state index contributed by atoms with van der Waals surface area (Å²) in [5.74, 6) is -2.20. The molecule has 0 spiro atoms. The van der Waals surface area contributed by atoms with Crippen molar-refractivity contribution in [1.82, 2.24) is 0 Å². The molecule has 1 aromatic rings. The number of carbonyl (C=O) groups is 1. The van der Waals surface area contributed by atoms with Crippen LogP contribution in [0.25, 0.3) is 0 Å². The first-order valence-electron chi connectivity index (χ1n) is 8.43. The van der Waals surface area contributed by atoms with Gasteiger partial charge in [-0.1, -0.05) is 0 Å². The number of ether oxygens (including phenoxy) is 1. The summed E-state index contributed by atoms with van der Waals surface area (Å²) in [4.78, 5) is 12.1. The molecule has 1 rings (SSSR count). The smallest absolute Gasteiger partial charge is 0.370 e. The molecule has 0 heterocycles. The molecule has 0 aliphatic heterocycles. The summed E-state index contributed by atoms with van der Waals surface area (Å²) in [5, 5.41) is 30.0. The van der Waals surface area contributed by atoms with Gasteiger partial charge in [-0.25, -0.2) is 0 Å². The van der Waals surface area contributed by atoms with Gasteiger partial charge in [-0.3, -0.25) is 9.36 Å². The molecule has 150 valence electrons. The molecule has 2 N–H and O–H groups in total. The summed E-state index contributed by atoms with van der Waals surface area (Å²) in [6.07, 6.45) is 0. The molecule has 1 amide bonds. The monoisotopic (exact) mass is 407 g/mol. The summed E-state index contributed by atoms with van der Waals surface area (Å²) in [6, 6.07) is 7.71. The van der Waals surface area contributed by atoms with E-state index in [0.717, 1.165) is 0 Å². The lowest BCUT2D eigenvalue weighted by molar-refractivity contribution is -0.112. The number of benzene rings is 1. The van der Waals surface area contributed by atoms with E-state index < -0.39 is 30.7 Å². The van der Waals surface area contributed by atoms with Crippen LogP contribution in [0.5, 0.6) is 5.75 Å². The Morgan fingerprint density at radius 2 is 1.89 bits per heavy atom. The first kappa shape index (κ1) is 23.2. The summed E-state index contributed by atoms with van der Waals surface area (Å²) in [5.41, 5.74) is -0.0981. The maximum atomic E-state index is 12.8. The lowest BCUT2D eigenvalue weighted by atomic mass is 10.2. The van der Waals surface area contributed by atoms with Crippen molar-refractivity contribution in [3.8, 4) is 17.9 Å². The Kier molecular flexibility index (Phi) is 8.69. The molecule has 0 radical (unpaired) electrons. The van der Waals surface area contributed by atoms with E-state index in [1.54, 1.807) is 19.9 Å². The predicted molar refractivity (Wildman–Crippen MR) is 102 cm³/mol. The van der Waals surface area contributed by atoms with Crippen molar-refractivity contribution in [2.45, 2.75) is 33.5 Å². The molecule has 0 saturated carbocycles. The van der Waals surface area contributed by atoms with Gasteiger partial charge in [-0.2, -0.15) is 10.5 Å². The number of hydrogen-bond donors (Lipinski definition) is 2. The van der Waals surface area contributed by atoms with E-state index in [4.69, 9.17) is 19.0 Å². The van der Waals surface area contributed by atoms with Crippen LogP contribution >= 0.6 is 7.60 Å². The third-order valence-corrected chi connectivity index (χ3v) is 5.65. The minimum Gasteiger partial charge on any atom is -0.511 e. The maximum absolute atomic E-state index is 12.8. The van der Waals surface area contributed by atoms with Crippen molar-refractivity contribution in [3.63, 3.8) is 0 Å². The highest BCUT2D eigenvalue weighted by Crippen LogP contribution is 2.53. The van der Waals surface area contributed by atoms with Crippen LogP contribution in [0.4, 0.5) is 5.69 Å². The van der Waals surface area contributed by atoms with E-state index in [-0.39, 0.29) is 30.2 Å². The topological polar surface area (TPSA) is 142 Å². The van der Waals surface area contributed by atoms with Gasteiger partial charge in [0.2, 0.25) is 0 Å². The van der Waals surface area contributed by atoms with E-state index in [2.05, 4.69) is 5.32 Å². The second-order valence-electron chi connectivity index (χ2n) is 5.44. The van der Waals surface area contributed by atoms with Gasteiger partial charge in [0.25, 0.3) is 5.91 Å². The van der Waals surface area contributed by atoms with E-state index in [1.807, 2.05) is 6.07 Å². The molecule has 9 nitrogen and oxygen atoms in total. The fourth-order valence-electron chi connectivity index (χ4n) is 2.13. The minimum absolute atomic E-state index is 0.0515. The van der Waals surface area contributed by atoms with Crippen molar-refractivity contribution >= 4 is 19.2 Å². The minimum atomic E-state index is -3.58. The van der Waals surface area contributed by atoms with Gasteiger partial charge >= 0.3 is 7.60 Å². The van der Waals surface area contributed by atoms with Crippen molar-refractivity contribution < 1.29 is 28.3 Å². The average Bonchev–Trinajstić information content (AvgIpc) is 2.62. The van der Waals surface area contributed by atoms with Gasteiger partial charge in [-0.05, 0) is 39.8 Å². The van der Waals surface area contributed by atoms with Gasteiger partial charge < -0.3 is 24.2 Å². The molecule has 1 atom stereocenters. The SMILES string of the molecule is CCOP(=O)(OCC)C(C)Oc1cc(NC(=O)/C(C#N)=C(\C)O)ccc1C#N. The summed E-state index contributed by atoms with van der Waals surface area (Å²) in [7, 11) is -3.58. The first-order valence-corrected chi connectivity index (χ1v) is 10.0. The van der Waals surface area contributed by atoms with Crippen LogP contribution in [0.1, 0.15) is 33.3 Å². The molecule has 0 aromatic heterocycles. The Labute approximate surface area is 163 Å². The molecule has 10 heteroatoms. The molecule has 0 fully saturated rings. The molecule has 1 aromatic carbocycles. The number of nitriles is 2. The lowest BCUT2D eigenvalue weighted by Gasteiger charge is -2.24. The number of allylic oxidation sites excluding steroid dienone is 1. The Morgan fingerprint density at radius 3 is 2.36 bits per heavy atom. The Morgan fingerprint density at radius 1 is 1.29 bits per heavy atom. The number of aliphatic hydroxyl groups excluding tert-OH is 1. The van der Waals surface area contributed by atoms with Gasteiger partial charge in [0, 0.05) is 11.8 Å². The van der Waals surface area contributed by atoms with Gasteiger partial charge in [0.05, 0.1) is 18.8 Å². The zero-order valence-corrected chi connectivity index (χ0v) is 16.9. The number of anilines is 1. The molecular formula is C18H22N3O6P. The second-order valence-corrected chi connectivity index (χ2v) is 7.76. The zero-order valence-electron chi connectivity index (χ0n) is 16.1. The highest BCUT2D eigenvalue weighted by atomic mass is 31.2. The average molecular weight is 407 g/mol. The number of nitrogens with one attached hydrogen (secondary N) is 1. The van der Waals surface area contributed by atoms with Crippen LogP contribution in [-0.2, 0) is 18.4 Å². The van der Waals surface area contributed by atoms with E-state index in [0.29, 0.717) is 0 Å². The summed E-state index contributed by atoms with van der Waals surface area (Å²) in [6.45, 7) is 6.33. The molecule has 28 heavy (non-hydrogen) atoms. The number of amides is 1. The maximum Gasteiger partial charge on any atom is 0.370 e. The van der Waals surface area contributed by atoms with Crippen molar-refractivity contribution in [3.05, 3.63) is 35.1 Å². The van der Waals surface area contributed by atoms with Gasteiger partial charge in [0.1, 0.15) is 23.6 Å². The second kappa shape index (κ2) is 10.5. The predicted octanol–water partition coefficient (Wildman–Crippen LogP) is 3.84. The largest absolute Gasteiger partial charge is 0.511 e. The molecule has 0 saturated heterocycles. The van der Waals surface area contributed by atoms with Crippen LogP contribution in [0.2, 0.25) is 0 Å². The van der Waals surface area contributed by atoms with Crippen molar-refractivity contribution in [1.29, 1.82) is 10.5 Å². The van der Waals surface area contributed by atoms with Crippen molar-refractivity contribution in [2.75, 3.05) is 18.5 Å². The number of rotatable bonds is 9. The number of aliphatic hydroxyl groups is 1. The van der Waals surface area contributed by atoms with E-state index in [1.165, 1.54) is 32.0 Å². The zero-order chi connectivity index (χ0) is 21.3. The normalized spacial score (nSPS) is 12.9. The third kappa shape index (κ3) is 5.83. The van der Waals surface area contributed by atoms with Crippen LogP contribution in [0.3, 0.4) is 0 Å². The Bertz CT molecular complexity index is 870. The van der Waals surface area contributed by atoms with Gasteiger partial charge in [-0.15, -0.1) is 0 Å². The molecule has 0 aliphatic rings. The van der Waals surface area contributed by atoms with Crippen LogP contribution in [0, 0.1) is 22.7 Å². The van der Waals surface area contributed by atoms with Crippen molar-refractivity contribution in [2.24, 2.45) is 0 Å². The highest BCUT2D eigenvalue weighted by molar-refractivity contribution is 7.54. The fraction of sp³-hybridized carbons (Fsp3) is 0.389. The molecule has 1 unspecified atom stereocenters. The van der Waals surface area contributed by atoms with Crippen LogP contribution in [0.15, 0.2) is 29.5 Å². The Hall–Kier alpha value is -2.84. The third-order valence-electron chi connectivity index (χ3n) is 3.42. The quantitative estimate of drug-likeness (QED) is 0.272. The number of carbonyl (C=O) groups excluding carboxylic acids is 1. The van der Waals surface area contributed by atoms with Crippen LogP contribution in [-0.4, -0.2) is 30.1 Å². The van der Waals surface area contributed by atoms with Crippen LogP contribution < -0.4 is 10.1 Å². The first-order chi connectivity index (χ1) is 13.2. The fourth-order valence-corrected chi connectivity index (χ4v) is 3.59.